The number of nitrogens with one attached hydrogen (secondary N) is 1. The Hall–Kier alpha value is -2.35. The van der Waals surface area contributed by atoms with Gasteiger partial charge in [0.2, 0.25) is 0 Å². The van der Waals surface area contributed by atoms with E-state index in [-0.39, 0.29) is 23.1 Å². The molecule has 0 fully saturated rings. The zero-order valence-electron chi connectivity index (χ0n) is 13.8. The highest BCUT2D eigenvalue weighted by Gasteiger charge is 2.24. The van der Waals surface area contributed by atoms with Crippen LogP contribution in [0.3, 0.4) is 0 Å². The van der Waals surface area contributed by atoms with Crippen molar-refractivity contribution in [2.24, 2.45) is 0 Å². The number of rotatable bonds is 5. The number of fused-ring (bicyclic) bond motifs is 1. The molecule has 1 N–H and O–H groups in total. The van der Waals surface area contributed by atoms with Crippen LogP contribution in [0.15, 0.2) is 40.9 Å². The summed E-state index contributed by atoms with van der Waals surface area (Å²) in [6, 6.07) is 9.49. The van der Waals surface area contributed by atoms with E-state index in [0.29, 0.717) is 18.8 Å². The van der Waals surface area contributed by atoms with Gasteiger partial charge in [0.1, 0.15) is 5.75 Å². The van der Waals surface area contributed by atoms with Crippen molar-refractivity contribution in [3.63, 3.8) is 0 Å². The van der Waals surface area contributed by atoms with E-state index in [2.05, 4.69) is 26.0 Å². The molecule has 2 aromatic rings. The molecular weight excluding hydrogens is 412 g/mol. The molecule has 0 radical (unpaired) electrons. The molecule has 26 heavy (non-hydrogen) atoms. The van der Waals surface area contributed by atoms with Crippen molar-refractivity contribution >= 4 is 21.8 Å². The van der Waals surface area contributed by atoms with E-state index in [4.69, 9.17) is 9.47 Å². The van der Waals surface area contributed by atoms with Crippen LogP contribution in [0.5, 0.6) is 17.2 Å². The minimum absolute atomic E-state index is 0.127. The molecule has 1 aliphatic heterocycles. The van der Waals surface area contributed by atoms with Crippen molar-refractivity contribution in [3.05, 3.63) is 52.0 Å². The quantitative estimate of drug-likeness (QED) is 0.771. The van der Waals surface area contributed by atoms with Crippen LogP contribution in [-0.4, -0.2) is 26.2 Å². The number of carbonyl (C=O) groups is 1. The number of carbonyl (C=O) groups excluding carboxylic acids is 1. The molecule has 1 amide bonds. The van der Waals surface area contributed by atoms with Crippen molar-refractivity contribution in [2.75, 3.05) is 13.7 Å². The molecule has 2 aromatic carbocycles. The highest BCUT2D eigenvalue weighted by atomic mass is 79.9. The summed E-state index contributed by atoms with van der Waals surface area (Å²) in [4.78, 5) is 12.6. The van der Waals surface area contributed by atoms with Gasteiger partial charge in [-0.15, -0.1) is 0 Å². The third-order valence-electron chi connectivity index (χ3n) is 3.96. The fourth-order valence-electron chi connectivity index (χ4n) is 2.76. The fourth-order valence-corrected chi connectivity index (χ4v) is 3.14. The number of halogens is 3. The van der Waals surface area contributed by atoms with Crippen LogP contribution < -0.4 is 19.5 Å². The van der Waals surface area contributed by atoms with E-state index >= 15 is 0 Å². The predicted molar refractivity (Wildman–Crippen MR) is 94.1 cm³/mol. The van der Waals surface area contributed by atoms with Gasteiger partial charge >= 0.3 is 6.61 Å². The van der Waals surface area contributed by atoms with Crippen molar-refractivity contribution < 1.29 is 27.8 Å². The number of alkyl halides is 2. The van der Waals surface area contributed by atoms with Gasteiger partial charge in [0.25, 0.3) is 5.91 Å². The number of ether oxygens (including phenoxy) is 3. The maximum Gasteiger partial charge on any atom is 0.387 e. The Morgan fingerprint density at radius 1 is 1.27 bits per heavy atom. The standard InChI is InChI=1S/C18H16BrF2NO4/c1-24-15-4-2-10(8-16(15)26-18(20)21)17(23)22-13-6-7-25-14-5-3-11(19)9-12(13)14/h2-5,8-9,13,18H,6-7H2,1H3,(H,22,23). The average molecular weight is 428 g/mol. The van der Waals surface area contributed by atoms with Gasteiger partial charge in [0.05, 0.1) is 19.8 Å². The SMILES string of the molecule is COc1ccc(C(=O)NC2CCOc3ccc(Br)cc32)cc1OC(F)F. The Morgan fingerprint density at radius 2 is 2.08 bits per heavy atom. The molecule has 5 nitrogen and oxygen atoms in total. The van der Waals surface area contributed by atoms with Gasteiger partial charge in [-0.1, -0.05) is 15.9 Å². The zero-order chi connectivity index (χ0) is 18.7. The lowest BCUT2D eigenvalue weighted by atomic mass is 10.00. The van der Waals surface area contributed by atoms with Crippen LogP contribution >= 0.6 is 15.9 Å². The third kappa shape index (κ3) is 4.07. The van der Waals surface area contributed by atoms with Gasteiger partial charge in [0, 0.05) is 22.0 Å². The monoisotopic (exact) mass is 427 g/mol. The van der Waals surface area contributed by atoms with E-state index in [1.54, 1.807) is 0 Å². The maximum absolute atomic E-state index is 12.6. The van der Waals surface area contributed by atoms with E-state index in [1.807, 2.05) is 18.2 Å². The summed E-state index contributed by atoms with van der Waals surface area (Å²) in [5.74, 6) is 0.248. The molecule has 0 saturated carbocycles. The van der Waals surface area contributed by atoms with Gasteiger partial charge in [-0.25, -0.2) is 0 Å². The van der Waals surface area contributed by atoms with Gasteiger partial charge in [-0.2, -0.15) is 8.78 Å². The van der Waals surface area contributed by atoms with Gasteiger partial charge in [-0.3, -0.25) is 4.79 Å². The Morgan fingerprint density at radius 3 is 2.81 bits per heavy atom. The molecule has 1 atom stereocenters. The van der Waals surface area contributed by atoms with Crippen LogP contribution in [0.1, 0.15) is 28.4 Å². The van der Waals surface area contributed by atoms with Gasteiger partial charge in [0.15, 0.2) is 11.5 Å². The first-order valence-electron chi connectivity index (χ1n) is 7.84. The van der Waals surface area contributed by atoms with Crippen LogP contribution in [0.25, 0.3) is 0 Å². The summed E-state index contributed by atoms with van der Waals surface area (Å²) in [6.45, 7) is -2.54. The molecule has 8 heteroatoms. The number of benzene rings is 2. The van der Waals surface area contributed by atoms with Crippen LogP contribution in [0, 0.1) is 0 Å². The first kappa shape index (κ1) is 18.4. The van der Waals surface area contributed by atoms with Gasteiger partial charge < -0.3 is 19.5 Å². The topological polar surface area (TPSA) is 56.8 Å². The first-order chi connectivity index (χ1) is 12.5. The molecule has 1 heterocycles. The Bertz CT molecular complexity index is 816. The molecule has 0 spiro atoms. The molecule has 0 aromatic heterocycles. The summed E-state index contributed by atoms with van der Waals surface area (Å²) in [5.41, 5.74) is 1.06. The lowest BCUT2D eigenvalue weighted by Crippen LogP contribution is -2.32. The van der Waals surface area contributed by atoms with Gasteiger partial charge in [-0.05, 0) is 36.4 Å². The second-order valence-corrected chi connectivity index (χ2v) is 6.51. The lowest BCUT2D eigenvalue weighted by molar-refractivity contribution is -0.0512. The summed E-state index contributed by atoms with van der Waals surface area (Å²) < 4.78 is 41.0. The molecule has 0 bridgehead atoms. The number of hydrogen-bond donors (Lipinski definition) is 1. The second kappa shape index (κ2) is 7.90. The second-order valence-electron chi connectivity index (χ2n) is 5.59. The average Bonchev–Trinajstić information content (AvgIpc) is 2.61. The first-order valence-corrected chi connectivity index (χ1v) is 8.63. The van der Waals surface area contributed by atoms with Crippen molar-refractivity contribution in [2.45, 2.75) is 19.1 Å². The van der Waals surface area contributed by atoms with E-state index in [9.17, 15) is 13.6 Å². The highest BCUT2D eigenvalue weighted by Crippen LogP contribution is 2.35. The van der Waals surface area contributed by atoms with E-state index < -0.39 is 12.5 Å². The Balaban J connectivity index is 1.82. The number of amides is 1. The van der Waals surface area contributed by atoms with Crippen molar-refractivity contribution in [3.8, 4) is 17.2 Å². The molecule has 0 aliphatic carbocycles. The highest BCUT2D eigenvalue weighted by molar-refractivity contribution is 9.10. The minimum atomic E-state index is -3.01. The normalized spacial score (nSPS) is 15.8. The molecule has 1 aliphatic rings. The zero-order valence-corrected chi connectivity index (χ0v) is 15.4. The molecule has 138 valence electrons. The maximum atomic E-state index is 12.6. The van der Waals surface area contributed by atoms with E-state index in [1.165, 1.54) is 25.3 Å². The van der Waals surface area contributed by atoms with E-state index in [0.717, 1.165) is 10.0 Å². The fraction of sp³-hybridized carbons (Fsp3) is 0.278. The summed E-state index contributed by atoms with van der Waals surface area (Å²) in [7, 11) is 1.34. The minimum Gasteiger partial charge on any atom is -0.493 e. The Labute approximate surface area is 157 Å². The van der Waals surface area contributed by atoms with Crippen LogP contribution in [0.4, 0.5) is 8.78 Å². The summed E-state index contributed by atoms with van der Waals surface area (Å²) in [6.07, 6.45) is 0.603. The molecule has 0 saturated heterocycles. The largest absolute Gasteiger partial charge is 0.493 e. The van der Waals surface area contributed by atoms with Crippen molar-refractivity contribution in [1.82, 2.24) is 5.32 Å². The predicted octanol–water partition coefficient (Wildman–Crippen LogP) is 4.31. The Kier molecular flexibility index (Phi) is 5.61. The van der Waals surface area contributed by atoms with Crippen molar-refractivity contribution in [1.29, 1.82) is 0 Å². The lowest BCUT2D eigenvalue weighted by Gasteiger charge is -2.27. The molecule has 3 rings (SSSR count). The number of hydrogen-bond acceptors (Lipinski definition) is 4. The number of methoxy groups -OCH3 is 1. The van der Waals surface area contributed by atoms with Crippen LogP contribution in [0.2, 0.25) is 0 Å². The van der Waals surface area contributed by atoms with Crippen LogP contribution in [-0.2, 0) is 0 Å². The summed E-state index contributed by atoms with van der Waals surface area (Å²) in [5, 5.41) is 2.91. The molecule has 1 unspecified atom stereocenters. The third-order valence-corrected chi connectivity index (χ3v) is 4.45. The molecular formula is C18H16BrF2NO4. The summed E-state index contributed by atoms with van der Waals surface area (Å²) >= 11 is 3.41. The smallest absolute Gasteiger partial charge is 0.387 e.